The maximum absolute atomic E-state index is 5.33. The fourth-order valence-corrected chi connectivity index (χ4v) is 9.15. The zero-order valence-corrected chi connectivity index (χ0v) is 33.6. The first-order chi connectivity index (χ1) is 30.8. The van der Waals surface area contributed by atoms with Crippen molar-refractivity contribution in [3.05, 3.63) is 224 Å². The first kappa shape index (κ1) is 35.5. The minimum absolute atomic E-state index is 0.564. The van der Waals surface area contributed by atoms with Gasteiger partial charge in [0.25, 0.3) is 0 Å². The van der Waals surface area contributed by atoms with Gasteiger partial charge >= 0.3 is 0 Å². The van der Waals surface area contributed by atoms with Crippen LogP contribution in [0.3, 0.4) is 0 Å². The zero-order chi connectivity index (χ0) is 41.0. The molecule has 0 saturated heterocycles. The fourth-order valence-electron chi connectivity index (χ4n) is 9.15. The van der Waals surface area contributed by atoms with E-state index in [0.29, 0.717) is 17.6 Å². The molecule has 0 aliphatic carbocycles. The van der Waals surface area contributed by atoms with Gasteiger partial charge in [-0.1, -0.05) is 194 Å². The summed E-state index contributed by atoms with van der Waals surface area (Å²) in [7, 11) is 0. The molecule has 0 unspecified atom stereocenters. The minimum Gasteiger partial charge on any atom is -0.308 e. The average molecular weight is 792 g/mol. The first-order valence-corrected chi connectivity index (χ1v) is 21.0. The van der Waals surface area contributed by atoms with E-state index >= 15 is 0 Å². The first-order valence-electron chi connectivity index (χ1n) is 21.0. The minimum atomic E-state index is 0.564. The second-order valence-electron chi connectivity index (χ2n) is 15.6. The third-order valence-corrected chi connectivity index (χ3v) is 12.0. The standard InChI is InChI=1S/C57H37N5/c1-5-19-38(20-6-1)42-27-17-28-43(35-42)56-58-55(41-25-11-4-12-26-41)59-57(60-56)62-51-34-16-14-30-47(51)49-36-52-48(37-53(49)62)46-29-13-15-33-50(46)61(52)54-44(39-21-7-2-8-22-39)31-18-32-45(54)40-23-9-3-10-24-40/h1-37H. The van der Waals surface area contributed by atoms with Gasteiger partial charge in [0, 0.05) is 43.8 Å². The van der Waals surface area contributed by atoms with Crippen molar-refractivity contribution in [2.75, 3.05) is 0 Å². The van der Waals surface area contributed by atoms with E-state index < -0.39 is 0 Å². The van der Waals surface area contributed by atoms with Gasteiger partial charge in [-0.3, -0.25) is 4.57 Å². The molecule has 3 aromatic heterocycles. The Hall–Kier alpha value is -8.41. The maximum atomic E-state index is 5.33. The summed E-state index contributed by atoms with van der Waals surface area (Å²) < 4.78 is 4.71. The lowest BCUT2D eigenvalue weighted by Crippen LogP contribution is -2.06. The fraction of sp³-hybridized carbons (Fsp3) is 0. The molecule has 0 aliphatic rings. The third-order valence-electron chi connectivity index (χ3n) is 12.0. The van der Waals surface area contributed by atoms with Crippen LogP contribution in [0.4, 0.5) is 0 Å². The number of rotatable bonds is 7. The largest absolute Gasteiger partial charge is 0.308 e. The Labute approximate surface area is 358 Å². The molecule has 0 bridgehead atoms. The summed E-state index contributed by atoms with van der Waals surface area (Å²) in [4.78, 5) is 15.7. The van der Waals surface area contributed by atoms with Gasteiger partial charge in [-0.2, -0.15) is 9.97 Å². The highest BCUT2D eigenvalue weighted by atomic mass is 15.2. The molecule has 9 aromatic carbocycles. The number of benzene rings is 9. The number of aromatic nitrogens is 5. The van der Waals surface area contributed by atoms with E-state index in [1.807, 2.05) is 24.3 Å². The average Bonchev–Trinajstić information content (AvgIpc) is 3.85. The molecule has 0 aliphatic heterocycles. The molecule has 5 nitrogen and oxygen atoms in total. The Morgan fingerprint density at radius 1 is 0.258 bits per heavy atom. The normalized spacial score (nSPS) is 11.5. The summed E-state index contributed by atoms with van der Waals surface area (Å²) >= 11 is 0. The van der Waals surface area contributed by atoms with Crippen molar-refractivity contribution >= 4 is 43.6 Å². The van der Waals surface area contributed by atoms with Crippen LogP contribution in [-0.4, -0.2) is 24.1 Å². The smallest absolute Gasteiger partial charge is 0.238 e. The van der Waals surface area contributed by atoms with Crippen LogP contribution in [0.1, 0.15) is 0 Å². The van der Waals surface area contributed by atoms with E-state index in [9.17, 15) is 0 Å². The molecule has 0 spiro atoms. The molecule has 0 radical (unpaired) electrons. The summed E-state index contributed by atoms with van der Waals surface area (Å²) in [6.07, 6.45) is 0. The highest BCUT2D eigenvalue weighted by Crippen LogP contribution is 2.44. The molecular formula is C57H37N5. The second-order valence-corrected chi connectivity index (χ2v) is 15.6. The van der Waals surface area contributed by atoms with Gasteiger partial charge in [-0.05, 0) is 52.6 Å². The van der Waals surface area contributed by atoms with E-state index in [0.717, 1.165) is 77.3 Å². The van der Waals surface area contributed by atoms with E-state index in [1.54, 1.807) is 0 Å². The number of hydrogen-bond donors (Lipinski definition) is 0. The van der Waals surface area contributed by atoms with Gasteiger partial charge in [0.15, 0.2) is 11.6 Å². The van der Waals surface area contributed by atoms with Crippen LogP contribution in [0.5, 0.6) is 0 Å². The quantitative estimate of drug-likeness (QED) is 0.162. The topological polar surface area (TPSA) is 48.5 Å². The predicted molar refractivity (Wildman–Crippen MR) is 256 cm³/mol. The molecule has 0 fully saturated rings. The summed E-state index contributed by atoms with van der Waals surface area (Å²) in [6, 6.07) is 79.3. The number of hydrogen-bond acceptors (Lipinski definition) is 3. The van der Waals surface area contributed by atoms with Crippen LogP contribution in [0.15, 0.2) is 224 Å². The molecule has 290 valence electrons. The van der Waals surface area contributed by atoms with Crippen LogP contribution >= 0.6 is 0 Å². The van der Waals surface area contributed by atoms with Crippen molar-refractivity contribution in [3.63, 3.8) is 0 Å². The summed E-state index contributed by atoms with van der Waals surface area (Å²) in [6.45, 7) is 0. The van der Waals surface area contributed by atoms with Gasteiger partial charge in [0.1, 0.15) is 0 Å². The molecule has 3 heterocycles. The molecule has 5 heteroatoms. The number of para-hydroxylation sites is 3. The maximum Gasteiger partial charge on any atom is 0.238 e. The Bertz CT molecular complexity index is 3550. The van der Waals surface area contributed by atoms with Crippen molar-refractivity contribution in [2.45, 2.75) is 0 Å². The lowest BCUT2D eigenvalue weighted by molar-refractivity contribution is 0.954. The molecule has 0 amide bonds. The van der Waals surface area contributed by atoms with Crippen LogP contribution in [0.25, 0.3) is 111 Å². The lowest BCUT2D eigenvalue weighted by Gasteiger charge is -2.19. The van der Waals surface area contributed by atoms with Crippen LogP contribution in [-0.2, 0) is 0 Å². The van der Waals surface area contributed by atoms with Gasteiger partial charge in [-0.15, -0.1) is 0 Å². The van der Waals surface area contributed by atoms with Crippen molar-refractivity contribution in [1.29, 1.82) is 0 Å². The van der Waals surface area contributed by atoms with Crippen LogP contribution in [0, 0.1) is 0 Å². The molecule has 0 saturated carbocycles. The monoisotopic (exact) mass is 791 g/mol. The number of nitrogens with zero attached hydrogens (tertiary/aromatic N) is 5. The zero-order valence-electron chi connectivity index (χ0n) is 33.6. The van der Waals surface area contributed by atoms with Crippen LogP contribution in [0.2, 0.25) is 0 Å². The van der Waals surface area contributed by atoms with E-state index in [2.05, 4.69) is 209 Å². The van der Waals surface area contributed by atoms with Crippen molar-refractivity contribution in [3.8, 4) is 67.8 Å². The molecular weight excluding hydrogens is 755 g/mol. The number of fused-ring (bicyclic) bond motifs is 6. The Balaban J connectivity index is 1.15. The lowest BCUT2D eigenvalue weighted by atomic mass is 9.95. The summed E-state index contributed by atoms with van der Waals surface area (Å²) in [5, 5.41) is 4.55. The Kier molecular flexibility index (Phi) is 8.42. The molecule has 12 rings (SSSR count). The molecule has 0 atom stereocenters. The third kappa shape index (κ3) is 5.90. The van der Waals surface area contributed by atoms with Gasteiger partial charge in [0.05, 0.1) is 27.8 Å². The molecule has 0 N–H and O–H groups in total. The summed E-state index contributed by atoms with van der Waals surface area (Å²) in [5.41, 5.74) is 14.2. The van der Waals surface area contributed by atoms with Crippen molar-refractivity contribution in [1.82, 2.24) is 24.1 Å². The second kappa shape index (κ2) is 14.7. The Morgan fingerprint density at radius 2 is 0.677 bits per heavy atom. The highest BCUT2D eigenvalue weighted by molar-refractivity contribution is 6.19. The van der Waals surface area contributed by atoms with E-state index in [4.69, 9.17) is 15.0 Å². The molecule has 62 heavy (non-hydrogen) atoms. The van der Waals surface area contributed by atoms with Crippen molar-refractivity contribution < 1.29 is 0 Å². The van der Waals surface area contributed by atoms with E-state index in [-0.39, 0.29) is 0 Å². The predicted octanol–water partition coefficient (Wildman–Crippen LogP) is 14.4. The van der Waals surface area contributed by atoms with Gasteiger partial charge < -0.3 is 4.57 Å². The molecule has 12 aromatic rings. The highest BCUT2D eigenvalue weighted by Gasteiger charge is 2.23. The van der Waals surface area contributed by atoms with E-state index in [1.165, 1.54) is 16.5 Å². The van der Waals surface area contributed by atoms with Crippen LogP contribution < -0.4 is 0 Å². The van der Waals surface area contributed by atoms with Gasteiger partial charge in [-0.25, -0.2) is 4.98 Å². The van der Waals surface area contributed by atoms with Gasteiger partial charge in [0.2, 0.25) is 5.95 Å². The SMILES string of the molecule is c1ccc(-c2cccc(-c3nc(-c4ccccc4)nc(-n4c5ccccc5c5cc6c(cc54)c4ccccc4n6-c4c(-c5ccccc5)cccc4-c4ccccc4)n3)c2)cc1. The van der Waals surface area contributed by atoms with Crippen molar-refractivity contribution in [2.24, 2.45) is 0 Å². The summed E-state index contributed by atoms with van der Waals surface area (Å²) in [5.74, 6) is 1.79. The Morgan fingerprint density at radius 3 is 1.26 bits per heavy atom.